The van der Waals surface area contributed by atoms with Crippen LogP contribution in [0.4, 0.5) is 11.4 Å². The molecule has 1 fully saturated rings. The van der Waals surface area contributed by atoms with Gasteiger partial charge in [-0.3, -0.25) is 9.69 Å². The van der Waals surface area contributed by atoms with Crippen molar-refractivity contribution in [2.24, 2.45) is 0 Å². The molecule has 1 amide bonds. The normalized spacial score (nSPS) is 16.5. The van der Waals surface area contributed by atoms with Crippen molar-refractivity contribution in [3.63, 3.8) is 0 Å². The molecule has 0 unspecified atom stereocenters. The maximum absolute atomic E-state index is 12.5. The SMILES string of the molecule is CCC(CC)Nc1cc(C(=O)[O-])ccc1N1C(=O)CCC1(CO)CO. The second-order valence-corrected chi connectivity index (χ2v) is 6.45. The zero-order valence-corrected chi connectivity index (χ0v) is 14.6. The van der Waals surface area contributed by atoms with Gasteiger partial charge in [0.1, 0.15) is 0 Å². The first-order chi connectivity index (χ1) is 11.9. The van der Waals surface area contributed by atoms with Crippen LogP contribution < -0.4 is 15.3 Å². The van der Waals surface area contributed by atoms with Crippen LogP contribution in [0.5, 0.6) is 0 Å². The monoisotopic (exact) mass is 349 g/mol. The number of nitrogens with one attached hydrogen (secondary N) is 1. The number of anilines is 2. The van der Waals surface area contributed by atoms with E-state index in [0.717, 1.165) is 12.8 Å². The summed E-state index contributed by atoms with van der Waals surface area (Å²) in [5.74, 6) is -1.51. The number of hydrogen-bond acceptors (Lipinski definition) is 6. The summed E-state index contributed by atoms with van der Waals surface area (Å²) in [6, 6.07) is 4.44. The molecule has 7 nitrogen and oxygen atoms in total. The van der Waals surface area contributed by atoms with Crippen LogP contribution in [-0.2, 0) is 4.79 Å². The zero-order chi connectivity index (χ0) is 18.6. The number of aromatic carboxylic acids is 1. The minimum atomic E-state index is -1.30. The van der Waals surface area contributed by atoms with E-state index in [4.69, 9.17) is 0 Å². The number of hydrogen-bond donors (Lipinski definition) is 3. The summed E-state index contributed by atoms with van der Waals surface area (Å²) < 4.78 is 0. The van der Waals surface area contributed by atoms with Crippen molar-refractivity contribution in [2.45, 2.75) is 51.1 Å². The van der Waals surface area contributed by atoms with Gasteiger partial charge in [-0.05, 0) is 37.0 Å². The Kier molecular flexibility index (Phi) is 6.02. The highest BCUT2D eigenvalue weighted by Gasteiger charge is 2.46. The van der Waals surface area contributed by atoms with E-state index in [1.165, 1.54) is 23.1 Å². The number of nitrogens with zero attached hydrogens (tertiary/aromatic N) is 1. The summed E-state index contributed by atoms with van der Waals surface area (Å²) in [4.78, 5) is 25.1. The molecule has 138 valence electrons. The van der Waals surface area contributed by atoms with Gasteiger partial charge in [-0.15, -0.1) is 0 Å². The molecule has 1 saturated heterocycles. The highest BCUT2D eigenvalue weighted by Crippen LogP contribution is 2.39. The van der Waals surface area contributed by atoms with E-state index >= 15 is 0 Å². The molecule has 1 heterocycles. The van der Waals surface area contributed by atoms with E-state index in [1.807, 2.05) is 13.8 Å². The Hall–Kier alpha value is -2.12. The lowest BCUT2D eigenvalue weighted by molar-refractivity contribution is -0.255. The van der Waals surface area contributed by atoms with Gasteiger partial charge >= 0.3 is 0 Å². The Morgan fingerprint density at radius 2 is 1.96 bits per heavy atom. The number of amides is 1. The van der Waals surface area contributed by atoms with Gasteiger partial charge in [-0.1, -0.05) is 19.9 Å². The van der Waals surface area contributed by atoms with E-state index < -0.39 is 11.5 Å². The average molecular weight is 349 g/mol. The topological polar surface area (TPSA) is 113 Å². The van der Waals surface area contributed by atoms with Gasteiger partial charge in [0.25, 0.3) is 0 Å². The smallest absolute Gasteiger partial charge is 0.227 e. The molecule has 1 aromatic carbocycles. The average Bonchev–Trinajstić information content (AvgIpc) is 2.96. The van der Waals surface area contributed by atoms with Crippen LogP contribution in [0.25, 0.3) is 0 Å². The van der Waals surface area contributed by atoms with Crippen LogP contribution in [0, 0.1) is 0 Å². The van der Waals surface area contributed by atoms with Crippen LogP contribution in [0.2, 0.25) is 0 Å². The first-order valence-electron chi connectivity index (χ1n) is 8.59. The van der Waals surface area contributed by atoms with Gasteiger partial charge in [0.2, 0.25) is 5.91 Å². The van der Waals surface area contributed by atoms with Crippen LogP contribution in [0.1, 0.15) is 49.9 Å². The number of carboxylic acids is 1. The number of benzene rings is 1. The Morgan fingerprint density at radius 3 is 2.48 bits per heavy atom. The van der Waals surface area contributed by atoms with E-state index in [2.05, 4.69) is 5.32 Å². The lowest BCUT2D eigenvalue weighted by Crippen LogP contribution is -2.52. The minimum Gasteiger partial charge on any atom is -0.545 e. The largest absolute Gasteiger partial charge is 0.545 e. The highest BCUT2D eigenvalue weighted by atomic mass is 16.4. The van der Waals surface area contributed by atoms with Crippen molar-refractivity contribution in [1.82, 2.24) is 0 Å². The molecule has 2 rings (SSSR count). The molecule has 1 aromatic rings. The third-order valence-corrected chi connectivity index (χ3v) is 4.93. The van der Waals surface area contributed by atoms with Crippen LogP contribution in [-0.4, -0.2) is 46.9 Å². The summed E-state index contributed by atoms with van der Waals surface area (Å²) in [5, 5.41) is 34.1. The number of aliphatic hydroxyl groups excluding tert-OH is 2. The quantitative estimate of drug-likeness (QED) is 0.630. The Balaban J connectivity index is 2.54. The Bertz CT molecular complexity index is 638. The van der Waals surface area contributed by atoms with E-state index in [-0.39, 0.29) is 37.1 Å². The standard InChI is InChI=1S/C18H26N2O5/c1-3-13(4-2)19-14-9-12(17(24)25)5-6-15(14)20-16(23)7-8-18(20,10-21)11-22/h5-6,9,13,19,21-22H,3-4,7-8,10-11H2,1-2H3,(H,24,25)/p-1. The predicted molar refractivity (Wildman–Crippen MR) is 92.4 cm³/mol. The molecular weight excluding hydrogens is 324 g/mol. The Morgan fingerprint density at radius 1 is 1.32 bits per heavy atom. The second-order valence-electron chi connectivity index (χ2n) is 6.45. The second kappa shape index (κ2) is 7.84. The van der Waals surface area contributed by atoms with Gasteiger partial charge < -0.3 is 25.4 Å². The van der Waals surface area contributed by atoms with Gasteiger partial charge in [0.05, 0.1) is 36.1 Å². The number of rotatable bonds is 8. The van der Waals surface area contributed by atoms with E-state index in [0.29, 0.717) is 17.8 Å². The maximum atomic E-state index is 12.5. The molecule has 1 aliphatic rings. The molecule has 0 bridgehead atoms. The first-order valence-corrected chi connectivity index (χ1v) is 8.59. The van der Waals surface area contributed by atoms with Crippen molar-refractivity contribution in [3.05, 3.63) is 23.8 Å². The number of carboxylic acid groups (broad SMARTS) is 1. The summed E-state index contributed by atoms with van der Waals surface area (Å²) in [6.07, 6.45) is 2.20. The highest BCUT2D eigenvalue weighted by molar-refractivity contribution is 6.01. The molecule has 0 radical (unpaired) electrons. The van der Waals surface area contributed by atoms with Crippen molar-refractivity contribution in [2.75, 3.05) is 23.4 Å². The molecule has 3 N–H and O–H groups in total. The zero-order valence-electron chi connectivity index (χ0n) is 14.6. The third-order valence-electron chi connectivity index (χ3n) is 4.93. The van der Waals surface area contributed by atoms with Crippen molar-refractivity contribution >= 4 is 23.3 Å². The number of aliphatic hydroxyl groups is 2. The molecule has 0 saturated carbocycles. The third kappa shape index (κ3) is 3.62. The van der Waals surface area contributed by atoms with Crippen molar-refractivity contribution in [3.8, 4) is 0 Å². The molecule has 0 spiro atoms. The fraction of sp³-hybridized carbons (Fsp3) is 0.556. The molecule has 0 aliphatic carbocycles. The summed E-state index contributed by atoms with van der Waals surface area (Å²) in [6.45, 7) is 3.27. The molecular formula is C18H25N2O5-. The van der Waals surface area contributed by atoms with Gasteiger partial charge in [0.15, 0.2) is 0 Å². The maximum Gasteiger partial charge on any atom is 0.227 e. The summed E-state index contributed by atoms with van der Waals surface area (Å²) >= 11 is 0. The number of carbonyl (C=O) groups excluding carboxylic acids is 2. The molecule has 25 heavy (non-hydrogen) atoms. The lowest BCUT2D eigenvalue weighted by Gasteiger charge is -2.37. The van der Waals surface area contributed by atoms with Gasteiger partial charge in [0, 0.05) is 12.5 Å². The Labute approximate surface area is 147 Å². The fourth-order valence-corrected chi connectivity index (χ4v) is 3.25. The molecule has 1 aliphatic heterocycles. The summed E-state index contributed by atoms with van der Waals surface area (Å²) in [5.41, 5.74) is -0.133. The minimum absolute atomic E-state index is 0.00227. The van der Waals surface area contributed by atoms with Crippen LogP contribution in [0.3, 0.4) is 0 Å². The first kappa shape index (κ1) is 19.2. The predicted octanol–water partition coefficient (Wildman–Crippen LogP) is 0.501. The summed E-state index contributed by atoms with van der Waals surface area (Å²) in [7, 11) is 0. The van der Waals surface area contributed by atoms with Crippen molar-refractivity contribution < 1.29 is 24.9 Å². The fourth-order valence-electron chi connectivity index (χ4n) is 3.25. The van der Waals surface area contributed by atoms with Crippen molar-refractivity contribution in [1.29, 1.82) is 0 Å². The van der Waals surface area contributed by atoms with Crippen LogP contribution in [0.15, 0.2) is 18.2 Å². The number of carbonyl (C=O) groups is 2. The van der Waals surface area contributed by atoms with Gasteiger partial charge in [-0.2, -0.15) is 0 Å². The van der Waals surface area contributed by atoms with Crippen LogP contribution >= 0.6 is 0 Å². The molecule has 7 heteroatoms. The molecule has 0 aromatic heterocycles. The van der Waals surface area contributed by atoms with E-state index in [9.17, 15) is 24.9 Å². The van der Waals surface area contributed by atoms with E-state index in [1.54, 1.807) is 0 Å². The van der Waals surface area contributed by atoms with Gasteiger partial charge in [-0.25, -0.2) is 0 Å². The molecule has 0 atom stereocenters. The lowest BCUT2D eigenvalue weighted by atomic mass is 9.97.